The summed E-state index contributed by atoms with van der Waals surface area (Å²) in [5, 5.41) is 0. The van der Waals surface area contributed by atoms with Crippen molar-refractivity contribution in [1.29, 1.82) is 0 Å². The summed E-state index contributed by atoms with van der Waals surface area (Å²) in [6, 6.07) is 7.16. The van der Waals surface area contributed by atoms with Crippen molar-refractivity contribution in [3.8, 4) is 0 Å². The maximum absolute atomic E-state index is 6.06. The van der Waals surface area contributed by atoms with Gasteiger partial charge in [-0.3, -0.25) is 0 Å². The lowest BCUT2D eigenvalue weighted by Gasteiger charge is -2.20. The van der Waals surface area contributed by atoms with E-state index in [9.17, 15) is 0 Å². The van der Waals surface area contributed by atoms with Crippen LogP contribution in [0.15, 0.2) is 18.2 Å². The molecule has 1 atom stereocenters. The zero-order valence-electron chi connectivity index (χ0n) is 10.0. The van der Waals surface area contributed by atoms with Crippen LogP contribution in [0.5, 0.6) is 0 Å². The van der Waals surface area contributed by atoms with Crippen LogP contribution < -0.4 is 5.73 Å². The first-order valence-corrected chi connectivity index (χ1v) is 5.85. The molecular weight excluding hydrogens is 182 g/mol. The molecule has 0 amide bonds. The lowest BCUT2D eigenvalue weighted by molar-refractivity contribution is 0.418. The fourth-order valence-corrected chi connectivity index (χ4v) is 2.53. The summed E-state index contributed by atoms with van der Waals surface area (Å²) in [5.41, 5.74) is 10.7. The van der Waals surface area contributed by atoms with Gasteiger partial charge in [0.2, 0.25) is 0 Å². The minimum atomic E-state index is 0.332. The van der Waals surface area contributed by atoms with Gasteiger partial charge in [0, 0.05) is 6.04 Å². The molecule has 1 nitrogen and oxygen atoms in total. The van der Waals surface area contributed by atoms with Crippen molar-refractivity contribution in [2.75, 3.05) is 0 Å². The smallest absolute Gasteiger partial charge is 0.00702 e. The van der Waals surface area contributed by atoms with Gasteiger partial charge in [0.15, 0.2) is 0 Å². The highest BCUT2D eigenvalue weighted by Crippen LogP contribution is 2.50. The number of aryl methyl sites for hydroxylation is 2. The molecule has 0 bridgehead atoms. The van der Waals surface area contributed by atoms with E-state index in [-0.39, 0.29) is 0 Å². The van der Waals surface area contributed by atoms with E-state index in [1.54, 1.807) is 0 Å². The molecular formula is C14H21N. The maximum Gasteiger partial charge on any atom is 0.00702 e. The molecule has 0 aliphatic heterocycles. The minimum Gasteiger partial charge on any atom is -0.327 e. The molecule has 1 unspecified atom stereocenters. The largest absolute Gasteiger partial charge is 0.327 e. The van der Waals surface area contributed by atoms with Gasteiger partial charge in [-0.2, -0.15) is 0 Å². The van der Waals surface area contributed by atoms with Crippen molar-refractivity contribution in [2.24, 2.45) is 11.1 Å². The van der Waals surface area contributed by atoms with Gasteiger partial charge >= 0.3 is 0 Å². The van der Waals surface area contributed by atoms with Crippen LogP contribution in [0.3, 0.4) is 0 Å². The molecule has 2 rings (SSSR count). The third-order valence-electron chi connectivity index (χ3n) is 3.70. The van der Waals surface area contributed by atoms with Crippen LogP contribution in [0.25, 0.3) is 0 Å². The number of rotatable bonds is 3. The Balaban J connectivity index is 2.17. The SMILES string of the molecule is Cc1cc(C)cc(CC2(C(C)N)CC2)c1. The summed E-state index contributed by atoms with van der Waals surface area (Å²) in [6.07, 6.45) is 3.77. The lowest BCUT2D eigenvalue weighted by Crippen LogP contribution is -2.29. The van der Waals surface area contributed by atoms with Crippen LogP contribution >= 0.6 is 0 Å². The summed E-state index contributed by atoms with van der Waals surface area (Å²) in [6.45, 7) is 6.49. The average molecular weight is 203 g/mol. The molecule has 1 heteroatoms. The van der Waals surface area contributed by atoms with Crippen LogP contribution in [0.1, 0.15) is 36.5 Å². The second-order valence-electron chi connectivity index (χ2n) is 5.32. The van der Waals surface area contributed by atoms with Gasteiger partial charge in [-0.1, -0.05) is 29.3 Å². The van der Waals surface area contributed by atoms with Gasteiger partial charge in [0.1, 0.15) is 0 Å². The van der Waals surface area contributed by atoms with Crippen LogP contribution in [-0.2, 0) is 6.42 Å². The third-order valence-corrected chi connectivity index (χ3v) is 3.70. The predicted octanol–water partition coefficient (Wildman–Crippen LogP) is 2.97. The molecule has 1 aromatic rings. The summed E-state index contributed by atoms with van der Waals surface area (Å²) < 4.78 is 0. The highest BCUT2D eigenvalue weighted by Gasteiger charge is 2.45. The Kier molecular flexibility index (Phi) is 2.59. The van der Waals surface area contributed by atoms with E-state index in [0.29, 0.717) is 11.5 Å². The van der Waals surface area contributed by atoms with Crippen molar-refractivity contribution in [3.05, 3.63) is 34.9 Å². The first-order chi connectivity index (χ1) is 7.02. The van der Waals surface area contributed by atoms with E-state index in [2.05, 4.69) is 39.0 Å². The van der Waals surface area contributed by atoms with E-state index in [1.165, 1.54) is 29.5 Å². The Morgan fingerprint density at radius 1 is 1.20 bits per heavy atom. The molecule has 0 saturated heterocycles. The molecule has 1 fully saturated rings. The van der Waals surface area contributed by atoms with Gasteiger partial charge in [-0.05, 0) is 51.0 Å². The quantitative estimate of drug-likeness (QED) is 0.803. The Bertz CT molecular complexity index is 341. The van der Waals surface area contributed by atoms with Crippen molar-refractivity contribution < 1.29 is 0 Å². The topological polar surface area (TPSA) is 26.0 Å². The van der Waals surface area contributed by atoms with Gasteiger partial charge < -0.3 is 5.73 Å². The van der Waals surface area contributed by atoms with E-state index < -0.39 is 0 Å². The van der Waals surface area contributed by atoms with Crippen molar-refractivity contribution in [2.45, 2.75) is 46.1 Å². The van der Waals surface area contributed by atoms with Gasteiger partial charge in [0.25, 0.3) is 0 Å². The zero-order chi connectivity index (χ0) is 11.1. The van der Waals surface area contributed by atoms with Crippen molar-refractivity contribution in [1.82, 2.24) is 0 Å². The molecule has 1 aromatic carbocycles. The second kappa shape index (κ2) is 3.64. The number of hydrogen-bond donors (Lipinski definition) is 1. The zero-order valence-corrected chi connectivity index (χ0v) is 10.0. The first kappa shape index (κ1) is 10.7. The molecule has 2 N–H and O–H groups in total. The lowest BCUT2D eigenvalue weighted by atomic mass is 9.89. The Hall–Kier alpha value is -0.820. The molecule has 0 heterocycles. The monoisotopic (exact) mass is 203 g/mol. The summed E-state index contributed by atoms with van der Waals surface area (Å²) in [4.78, 5) is 0. The van der Waals surface area contributed by atoms with Crippen molar-refractivity contribution in [3.63, 3.8) is 0 Å². The fourth-order valence-electron chi connectivity index (χ4n) is 2.53. The first-order valence-electron chi connectivity index (χ1n) is 5.85. The number of hydrogen-bond acceptors (Lipinski definition) is 1. The van der Waals surface area contributed by atoms with Crippen LogP contribution in [0.2, 0.25) is 0 Å². The van der Waals surface area contributed by atoms with Crippen LogP contribution in [-0.4, -0.2) is 6.04 Å². The molecule has 1 aliphatic carbocycles. The van der Waals surface area contributed by atoms with E-state index in [0.717, 1.165) is 6.42 Å². The minimum absolute atomic E-state index is 0.332. The summed E-state index contributed by atoms with van der Waals surface area (Å²) in [5.74, 6) is 0. The molecule has 0 radical (unpaired) electrons. The van der Waals surface area contributed by atoms with E-state index >= 15 is 0 Å². The van der Waals surface area contributed by atoms with Crippen molar-refractivity contribution >= 4 is 0 Å². The highest BCUT2D eigenvalue weighted by molar-refractivity contribution is 5.30. The molecule has 0 aromatic heterocycles. The van der Waals surface area contributed by atoms with Gasteiger partial charge in [-0.15, -0.1) is 0 Å². The molecule has 0 spiro atoms. The molecule has 15 heavy (non-hydrogen) atoms. The molecule has 1 saturated carbocycles. The van der Waals surface area contributed by atoms with E-state index in [4.69, 9.17) is 5.73 Å². The van der Waals surface area contributed by atoms with Crippen LogP contribution in [0.4, 0.5) is 0 Å². The summed E-state index contributed by atoms with van der Waals surface area (Å²) in [7, 11) is 0. The van der Waals surface area contributed by atoms with Gasteiger partial charge in [-0.25, -0.2) is 0 Å². The fraction of sp³-hybridized carbons (Fsp3) is 0.571. The standard InChI is InChI=1S/C14H21N/c1-10-6-11(2)8-13(7-10)9-14(4-5-14)12(3)15/h6-8,12H,4-5,9,15H2,1-3H3. The third kappa shape index (κ3) is 2.23. The van der Waals surface area contributed by atoms with Gasteiger partial charge in [0.05, 0.1) is 0 Å². The normalized spacial score (nSPS) is 20.0. The Morgan fingerprint density at radius 2 is 1.73 bits per heavy atom. The summed E-state index contributed by atoms with van der Waals surface area (Å²) >= 11 is 0. The number of benzene rings is 1. The highest BCUT2D eigenvalue weighted by atomic mass is 14.7. The average Bonchev–Trinajstić information content (AvgIpc) is 2.83. The molecule has 1 aliphatic rings. The Labute approximate surface area is 92.7 Å². The molecule has 82 valence electrons. The maximum atomic E-state index is 6.06. The second-order valence-corrected chi connectivity index (χ2v) is 5.32. The number of nitrogens with two attached hydrogens (primary N) is 1. The van der Waals surface area contributed by atoms with Crippen LogP contribution in [0, 0.1) is 19.3 Å². The Morgan fingerprint density at radius 3 is 2.13 bits per heavy atom. The van der Waals surface area contributed by atoms with E-state index in [1.807, 2.05) is 0 Å². The predicted molar refractivity (Wildman–Crippen MR) is 64.9 cm³/mol.